The molecule has 0 unspecified atom stereocenters. The van der Waals surface area contributed by atoms with Crippen LogP contribution >= 0.6 is 11.6 Å². The molecule has 6 heteroatoms. The molecule has 1 N–H and O–H groups in total. The number of hydrogen-bond donors (Lipinski definition) is 1. The molecule has 2 aromatic rings. The number of ether oxygens (including phenoxy) is 2. The highest BCUT2D eigenvalue weighted by Crippen LogP contribution is 2.23. The molecule has 0 fully saturated rings. The van der Waals surface area contributed by atoms with Crippen molar-refractivity contribution >= 4 is 29.2 Å². The largest absolute Gasteiger partial charge is 0.481 e. The van der Waals surface area contributed by atoms with Gasteiger partial charge in [-0.3, -0.25) is 4.79 Å². The van der Waals surface area contributed by atoms with Crippen LogP contribution in [-0.2, 0) is 16.0 Å². The van der Waals surface area contributed by atoms with Crippen molar-refractivity contribution < 1.29 is 19.1 Å². The SMILES string of the molecule is CCOC(=O)c1cc(NC(=O)[C@H](C)Oc2ccccc2CC)ccc1Cl. The molecule has 0 aliphatic rings. The predicted octanol–water partition coefficient (Wildman–Crippen LogP) is 4.49. The van der Waals surface area contributed by atoms with Gasteiger partial charge >= 0.3 is 5.97 Å². The van der Waals surface area contributed by atoms with Gasteiger partial charge in [0, 0.05) is 5.69 Å². The first-order valence-electron chi connectivity index (χ1n) is 8.48. The third kappa shape index (κ3) is 4.99. The topological polar surface area (TPSA) is 64.6 Å². The Labute approximate surface area is 158 Å². The summed E-state index contributed by atoms with van der Waals surface area (Å²) in [4.78, 5) is 24.3. The highest BCUT2D eigenvalue weighted by molar-refractivity contribution is 6.33. The third-order valence-corrected chi connectivity index (χ3v) is 4.09. The Kier molecular flexibility index (Phi) is 7.04. The Bertz CT molecular complexity index is 791. The van der Waals surface area contributed by atoms with E-state index in [9.17, 15) is 9.59 Å². The lowest BCUT2D eigenvalue weighted by Crippen LogP contribution is -2.30. The van der Waals surface area contributed by atoms with Gasteiger partial charge in [-0.15, -0.1) is 0 Å². The molecule has 1 atom stereocenters. The second-order valence-corrected chi connectivity index (χ2v) is 6.03. The molecular formula is C20H22ClNO4. The summed E-state index contributed by atoms with van der Waals surface area (Å²) >= 11 is 6.03. The van der Waals surface area contributed by atoms with Crippen LogP contribution in [0.15, 0.2) is 42.5 Å². The van der Waals surface area contributed by atoms with Crippen LogP contribution in [0.2, 0.25) is 5.02 Å². The lowest BCUT2D eigenvalue weighted by Gasteiger charge is -2.17. The van der Waals surface area contributed by atoms with Gasteiger partial charge in [0.15, 0.2) is 6.10 Å². The van der Waals surface area contributed by atoms with Crippen molar-refractivity contribution in [3.63, 3.8) is 0 Å². The molecule has 0 aliphatic carbocycles. The summed E-state index contributed by atoms with van der Waals surface area (Å²) in [7, 11) is 0. The molecule has 1 amide bonds. The van der Waals surface area contributed by atoms with E-state index in [0.717, 1.165) is 12.0 Å². The molecule has 0 saturated carbocycles. The predicted molar refractivity (Wildman–Crippen MR) is 102 cm³/mol. The lowest BCUT2D eigenvalue weighted by molar-refractivity contribution is -0.122. The number of nitrogens with one attached hydrogen (secondary N) is 1. The second-order valence-electron chi connectivity index (χ2n) is 5.63. The van der Waals surface area contributed by atoms with E-state index in [0.29, 0.717) is 11.4 Å². The molecular weight excluding hydrogens is 354 g/mol. The minimum Gasteiger partial charge on any atom is -0.481 e. The Balaban J connectivity index is 2.09. The summed E-state index contributed by atoms with van der Waals surface area (Å²) < 4.78 is 10.7. The number of esters is 1. The molecule has 0 saturated heterocycles. The first kappa shape index (κ1) is 19.8. The fourth-order valence-electron chi connectivity index (χ4n) is 2.37. The van der Waals surface area contributed by atoms with Crippen LogP contribution in [0.25, 0.3) is 0 Å². The zero-order valence-corrected chi connectivity index (χ0v) is 15.8. The fourth-order valence-corrected chi connectivity index (χ4v) is 2.56. The van der Waals surface area contributed by atoms with Crippen LogP contribution < -0.4 is 10.1 Å². The van der Waals surface area contributed by atoms with Crippen LogP contribution in [-0.4, -0.2) is 24.6 Å². The summed E-state index contributed by atoms with van der Waals surface area (Å²) in [5.41, 5.74) is 1.68. The van der Waals surface area contributed by atoms with Crippen LogP contribution in [0.3, 0.4) is 0 Å². The molecule has 0 bridgehead atoms. The number of aryl methyl sites for hydroxylation is 1. The number of carbonyl (C=O) groups excluding carboxylic acids is 2. The number of para-hydroxylation sites is 1. The van der Waals surface area contributed by atoms with Crippen molar-refractivity contribution in [2.75, 3.05) is 11.9 Å². The van der Waals surface area contributed by atoms with Crippen molar-refractivity contribution in [2.24, 2.45) is 0 Å². The molecule has 0 spiro atoms. The number of benzene rings is 2. The first-order valence-corrected chi connectivity index (χ1v) is 8.86. The molecule has 0 heterocycles. The summed E-state index contributed by atoms with van der Waals surface area (Å²) in [6, 6.07) is 12.3. The van der Waals surface area contributed by atoms with E-state index in [4.69, 9.17) is 21.1 Å². The van der Waals surface area contributed by atoms with E-state index < -0.39 is 12.1 Å². The van der Waals surface area contributed by atoms with Gasteiger partial charge in [0.2, 0.25) is 0 Å². The maximum atomic E-state index is 12.4. The smallest absolute Gasteiger partial charge is 0.339 e. The van der Waals surface area contributed by atoms with Crippen molar-refractivity contribution in [2.45, 2.75) is 33.3 Å². The standard InChI is InChI=1S/C20H22ClNO4/c1-4-14-8-6-7-9-18(14)26-13(3)19(23)22-15-10-11-17(21)16(12-15)20(24)25-5-2/h6-13H,4-5H2,1-3H3,(H,22,23)/t13-/m0/s1. The number of rotatable bonds is 7. The van der Waals surface area contributed by atoms with E-state index in [1.165, 1.54) is 6.07 Å². The Morgan fingerprint density at radius 1 is 1.15 bits per heavy atom. The highest BCUT2D eigenvalue weighted by atomic mass is 35.5. The van der Waals surface area contributed by atoms with Gasteiger partial charge in [-0.25, -0.2) is 4.79 Å². The maximum absolute atomic E-state index is 12.4. The Morgan fingerprint density at radius 2 is 1.88 bits per heavy atom. The molecule has 26 heavy (non-hydrogen) atoms. The van der Waals surface area contributed by atoms with Crippen LogP contribution in [0, 0.1) is 0 Å². The van der Waals surface area contributed by atoms with Gasteiger partial charge in [-0.05, 0) is 50.1 Å². The zero-order valence-electron chi connectivity index (χ0n) is 15.0. The third-order valence-electron chi connectivity index (χ3n) is 3.76. The summed E-state index contributed by atoms with van der Waals surface area (Å²) in [5, 5.41) is 3.00. The van der Waals surface area contributed by atoms with Crippen molar-refractivity contribution in [1.82, 2.24) is 0 Å². The molecule has 2 rings (SSSR count). The van der Waals surface area contributed by atoms with Crippen molar-refractivity contribution in [3.05, 3.63) is 58.6 Å². The molecule has 2 aromatic carbocycles. The van der Waals surface area contributed by atoms with E-state index in [1.807, 2.05) is 31.2 Å². The van der Waals surface area contributed by atoms with Crippen molar-refractivity contribution in [3.8, 4) is 5.75 Å². The summed E-state index contributed by atoms with van der Waals surface area (Å²) in [6.45, 7) is 5.65. The number of anilines is 1. The van der Waals surface area contributed by atoms with Crippen LogP contribution in [0.1, 0.15) is 36.7 Å². The number of hydrogen-bond acceptors (Lipinski definition) is 4. The van der Waals surface area contributed by atoms with Gasteiger partial charge in [0.1, 0.15) is 5.75 Å². The van der Waals surface area contributed by atoms with Crippen LogP contribution in [0.4, 0.5) is 5.69 Å². The fraction of sp³-hybridized carbons (Fsp3) is 0.300. The normalized spacial score (nSPS) is 11.5. The molecule has 138 valence electrons. The quantitative estimate of drug-likeness (QED) is 0.724. The number of halogens is 1. The van der Waals surface area contributed by atoms with E-state index in [-0.39, 0.29) is 23.1 Å². The minimum absolute atomic E-state index is 0.205. The van der Waals surface area contributed by atoms with Gasteiger partial charge in [-0.1, -0.05) is 36.7 Å². The highest BCUT2D eigenvalue weighted by Gasteiger charge is 2.18. The molecule has 0 aromatic heterocycles. The average Bonchev–Trinajstić information content (AvgIpc) is 2.63. The van der Waals surface area contributed by atoms with Gasteiger partial charge < -0.3 is 14.8 Å². The van der Waals surface area contributed by atoms with Gasteiger partial charge in [-0.2, -0.15) is 0 Å². The average molecular weight is 376 g/mol. The maximum Gasteiger partial charge on any atom is 0.339 e. The number of amides is 1. The monoisotopic (exact) mass is 375 g/mol. The zero-order chi connectivity index (χ0) is 19.1. The summed E-state index contributed by atoms with van der Waals surface area (Å²) in [6.07, 6.45) is 0.106. The van der Waals surface area contributed by atoms with Crippen molar-refractivity contribution in [1.29, 1.82) is 0 Å². The summed E-state index contributed by atoms with van der Waals surface area (Å²) in [5.74, 6) is -0.177. The Hall–Kier alpha value is -2.53. The Morgan fingerprint density at radius 3 is 2.58 bits per heavy atom. The minimum atomic E-state index is -0.704. The van der Waals surface area contributed by atoms with Gasteiger partial charge in [0.05, 0.1) is 17.2 Å². The second kappa shape index (κ2) is 9.25. The molecule has 5 nitrogen and oxygen atoms in total. The van der Waals surface area contributed by atoms with E-state index in [1.54, 1.807) is 26.0 Å². The van der Waals surface area contributed by atoms with Crippen LogP contribution in [0.5, 0.6) is 5.75 Å². The van der Waals surface area contributed by atoms with Gasteiger partial charge in [0.25, 0.3) is 5.91 Å². The first-order chi connectivity index (χ1) is 12.5. The lowest BCUT2D eigenvalue weighted by atomic mass is 10.1. The molecule has 0 aliphatic heterocycles. The van der Waals surface area contributed by atoms with E-state index in [2.05, 4.69) is 5.32 Å². The van der Waals surface area contributed by atoms with E-state index >= 15 is 0 Å². The number of carbonyl (C=O) groups is 2. The molecule has 0 radical (unpaired) electrons.